The number of ether oxygens (including phenoxy) is 2. The van der Waals surface area contributed by atoms with E-state index in [1.165, 1.54) is 37.4 Å². The van der Waals surface area contributed by atoms with Crippen LogP contribution in [-0.4, -0.2) is 34.6 Å². The van der Waals surface area contributed by atoms with Gasteiger partial charge in [0.05, 0.1) is 34.3 Å². The molecule has 0 spiro atoms. The molecule has 0 saturated heterocycles. The molecule has 0 aliphatic heterocycles. The van der Waals surface area contributed by atoms with Gasteiger partial charge in [0.15, 0.2) is 11.9 Å². The molecule has 0 fully saturated rings. The van der Waals surface area contributed by atoms with E-state index < -0.39 is 29.4 Å². The number of fused-ring (bicyclic) bond motifs is 1. The van der Waals surface area contributed by atoms with Gasteiger partial charge >= 0.3 is 12.1 Å². The zero-order chi connectivity index (χ0) is 27.4. The van der Waals surface area contributed by atoms with Crippen LogP contribution in [0.1, 0.15) is 25.0 Å². The number of nitrogens with zero attached hydrogens (tertiary/aromatic N) is 3. The summed E-state index contributed by atoms with van der Waals surface area (Å²) in [6.45, 7) is 3.42. The number of hydrogen-bond donors (Lipinski definition) is 0. The number of halogens is 4. The van der Waals surface area contributed by atoms with Crippen LogP contribution >= 0.6 is 11.6 Å². The van der Waals surface area contributed by atoms with E-state index in [0.717, 1.165) is 16.8 Å². The first-order valence-corrected chi connectivity index (χ1v) is 11.8. The zero-order valence-corrected chi connectivity index (χ0v) is 21.0. The fraction of sp³-hybridized carbons (Fsp3) is 0.185. The Morgan fingerprint density at radius 1 is 1.13 bits per heavy atom. The highest BCUT2D eigenvalue weighted by Gasteiger charge is 2.31. The van der Waals surface area contributed by atoms with Crippen LogP contribution in [0.3, 0.4) is 0 Å². The number of rotatable bonds is 7. The van der Waals surface area contributed by atoms with Gasteiger partial charge in [-0.2, -0.15) is 22.9 Å². The monoisotopic (exact) mass is 543 g/mol. The summed E-state index contributed by atoms with van der Waals surface area (Å²) >= 11 is 6.31. The number of benzene rings is 3. The van der Waals surface area contributed by atoms with Gasteiger partial charge in [0.25, 0.3) is 5.56 Å². The minimum Gasteiger partial charge on any atom is -0.477 e. The van der Waals surface area contributed by atoms with E-state index in [1.54, 1.807) is 37.3 Å². The van der Waals surface area contributed by atoms with Gasteiger partial charge in [0, 0.05) is 5.56 Å². The molecule has 7 nitrogen and oxygen atoms in total. The van der Waals surface area contributed by atoms with Crippen LogP contribution in [0, 0.1) is 0 Å². The molecule has 1 heterocycles. The highest BCUT2D eigenvalue weighted by molar-refractivity contribution is 6.32. The van der Waals surface area contributed by atoms with E-state index in [9.17, 15) is 22.8 Å². The summed E-state index contributed by atoms with van der Waals surface area (Å²) in [6.07, 6.45) is -4.14. The Morgan fingerprint density at radius 3 is 2.61 bits per heavy atom. The largest absolute Gasteiger partial charge is 0.477 e. The van der Waals surface area contributed by atoms with Crippen molar-refractivity contribution >= 4 is 34.7 Å². The SMILES string of the molecule is CCOC(=O)[C@@H](C)Oc1ccc(C=Nn2c(-c3cccc(C(F)(F)F)c3)nc3ccccc3c2=O)cc1Cl. The summed E-state index contributed by atoms with van der Waals surface area (Å²) in [4.78, 5) is 29.5. The van der Waals surface area contributed by atoms with Crippen molar-refractivity contribution in [3.63, 3.8) is 0 Å². The quantitative estimate of drug-likeness (QED) is 0.212. The highest BCUT2D eigenvalue weighted by Crippen LogP contribution is 2.32. The van der Waals surface area contributed by atoms with E-state index in [4.69, 9.17) is 21.1 Å². The Labute approximate surface area is 220 Å². The lowest BCUT2D eigenvalue weighted by molar-refractivity contribution is -0.150. The Bertz CT molecular complexity index is 1580. The van der Waals surface area contributed by atoms with Crippen LogP contribution in [0.2, 0.25) is 5.02 Å². The van der Waals surface area contributed by atoms with Gasteiger partial charge in [0.2, 0.25) is 0 Å². The Kier molecular flexibility index (Phi) is 7.82. The molecule has 0 aliphatic carbocycles. The first kappa shape index (κ1) is 26.9. The standard InChI is InChI=1S/C27H21ClF3N3O4/c1-3-37-26(36)16(2)38-23-12-11-17(13-21(23)28)15-32-34-24(18-7-6-8-19(14-18)27(29,30)31)33-22-10-5-4-9-20(22)25(34)35/h4-16H,3H2,1-2H3/t16-/m1/s1. The number of alkyl halides is 3. The van der Waals surface area contributed by atoms with Crippen molar-refractivity contribution in [3.8, 4) is 17.1 Å². The first-order chi connectivity index (χ1) is 18.1. The lowest BCUT2D eigenvalue weighted by Gasteiger charge is -2.14. The number of para-hydroxylation sites is 1. The van der Waals surface area contributed by atoms with Crippen LogP contribution < -0.4 is 10.3 Å². The zero-order valence-electron chi connectivity index (χ0n) is 20.2. The van der Waals surface area contributed by atoms with E-state index in [-0.39, 0.29) is 34.2 Å². The van der Waals surface area contributed by atoms with Crippen LogP contribution in [0.25, 0.3) is 22.3 Å². The van der Waals surface area contributed by atoms with Crippen molar-refractivity contribution in [2.24, 2.45) is 5.10 Å². The summed E-state index contributed by atoms with van der Waals surface area (Å²) in [6, 6.07) is 15.6. The molecule has 0 radical (unpaired) electrons. The lowest BCUT2D eigenvalue weighted by atomic mass is 10.1. The molecule has 11 heteroatoms. The van der Waals surface area contributed by atoms with Gasteiger partial charge in [-0.1, -0.05) is 35.9 Å². The minimum atomic E-state index is -4.58. The third kappa shape index (κ3) is 5.86. The van der Waals surface area contributed by atoms with Gasteiger partial charge < -0.3 is 9.47 Å². The maximum Gasteiger partial charge on any atom is 0.416 e. The number of aromatic nitrogens is 2. The minimum absolute atomic E-state index is 0.0644. The molecule has 0 amide bonds. The summed E-state index contributed by atoms with van der Waals surface area (Å²) < 4.78 is 51.5. The molecule has 38 heavy (non-hydrogen) atoms. The third-order valence-electron chi connectivity index (χ3n) is 5.40. The molecule has 4 rings (SSSR count). The first-order valence-electron chi connectivity index (χ1n) is 11.4. The third-order valence-corrected chi connectivity index (χ3v) is 5.70. The van der Waals surface area contributed by atoms with E-state index in [1.807, 2.05) is 0 Å². The number of carbonyl (C=O) groups is 1. The predicted octanol–water partition coefficient (Wildman–Crippen LogP) is 5.95. The van der Waals surface area contributed by atoms with E-state index >= 15 is 0 Å². The van der Waals surface area contributed by atoms with Gasteiger partial charge in [-0.3, -0.25) is 4.79 Å². The van der Waals surface area contributed by atoms with Gasteiger partial charge in [-0.25, -0.2) is 9.78 Å². The normalized spacial score (nSPS) is 12.6. The summed E-state index contributed by atoms with van der Waals surface area (Å²) in [5.74, 6) is -0.372. The molecule has 0 aliphatic rings. The fourth-order valence-electron chi connectivity index (χ4n) is 3.57. The van der Waals surface area contributed by atoms with Gasteiger partial charge in [-0.15, -0.1) is 0 Å². The molecular weight excluding hydrogens is 523 g/mol. The maximum atomic E-state index is 13.4. The molecule has 196 valence electrons. The van der Waals surface area contributed by atoms with E-state index in [2.05, 4.69) is 10.1 Å². The second-order valence-corrected chi connectivity index (χ2v) is 8.50. The summed E-state index contributed by atoms with van der Waals surface area (Å²) in [5, 5.41) is 4.66. The molecule has 0 bridgehead atoms. The molecule has 1 atom stereocenters. The second-order valence-electron chi connectivity index (χ2n) is 8.09. The number of esters is 1. The van der Waals surface area contributed by atoms with Crippen LogP contribution in [-0.2, 0) is 15.7 Å². The van der Waals surface area contributed by atoms with E-state index in [0.29, 0.717) is 11.1 Å². The predicted molar refractivity (Wildman–Crippen MR) is 138 cm³/mol. The second kappa shape index (κ2) is 11.1. The Hall–Kier alpha value is -4.18. The fourth-order valence-corrected chi connectivity index (χ4v) is 3.80. The molecule has 1 aromatic heterocycles. The van der Waals surface area contributed by atoms with Crippen molar-refractivity contribution in [2.75, 3.05) is 6.61 Å². The molecule has 0 saturated carbocycles. The molecular formula is C27H21ClF3N3O4. The van der Waals surface area contributed by atoms with Gasteiger partial charge in [0.1, 0.15) is 5.75 Å². The average Bonchev–Trinajstić information content (AvgIpc) is 2.89. The van der Waals surface area contributed by atoms with Crippen molar-refractivity contribution < 1.29 is 27.4 Å². The molecule has 3 aromatic carbocycles. The summed E-state index contributed by atoms with van der Waals surface area (Å²) in [5.41, 5.74) is -0.603. The van der Waals surface area contributed by atoms with Crippen molar-refractivity contribution in [3.05, 3.63) is 93.2 Å². The Balaban J connectivity index is 1.74. The van der Waals surface area contributed by atoms with Crippen molar-refractivity contribution in [1.29, 1.82) is 0 Å². The number of carbonyl (C=O) groups excluding carboxylic acids is 1. The van der Waals surface area contributed by atoms with Crippen LogP contribution in [0.5, 0.6) is 5.75 Å². The van der Waals surface area contributed by atoms with Crippen LogP contribution in [0.4, 0.5) is 13.2 Å². The summed E-state index contributed by atoms with van der Waals surface area (Å²) in [7, 11) is 0. The topological polar surface area (TPSA) is 82.8 Å². The maximum absolute atomic E-state index is 13.4. The Morgan fingerprint density at radius 2 is 1.89 bits per heavy atom. The molecule has 0 N–H and O–H groups in total. The smallest absolute Gasteiger partial charge is 0.416 e. The van der Waals surface area contributed by atoms with Gasteiger partial charge in [-0.05, 0) is 61.9 Å². The molecule has 0 unspecified atom stereocenters. The van der Waals surface area contributed by atoms with Crippen LogP contribution in [0.15, 0.2) is 76.6 Å². The highest BCUT2D eigenvalue weighted by atomic mass is 35.5. The lowest BCUT2D eigenvalue weighted by Crippen LogP contribution is -2.26. The van der Waals surface area contributed by atoms with Crippen molar-refractivity contribution in [1.82, 2.24) is 9.66 Å². The van der Waals surface area contributed by atoms with Crippen molar-refractivity contribution in [2.45, 2.75) is 26.1 Å². The number of hydrogen-bond acceptors (Lipinski definition) is 6. The molecule has 4 aromatic rings. The average molecular weight is 544 g/mol.